The van der Waals surface area contributed by atoms with E-state index in [0.29, 0.717) is 24.6 Å². The number of thiophene rings is 1. The van der Waals surface area contributed by atoms with Gasteiger partial charge in [0, 0.05) is 29.2 Å². The van der Waals surface area contributed by atoms with Crippen LogP contribution >= 0.6 is 11.3 Å². The number of pyridine rings is 1. The third-order valence-corrected chi connectivity index (χ3v) is 9.81. The van der Waals surface area contributed by atoms with Gasteiger partial charge in [0.2, 0.25) is 0 Å². The Morgan fingerprint density at radius 3 is 2.49 bits per heavy atom. The number of unbranched alkanes of at least 4 members (excludes halogenated alkanes) is 1. The van der Waals surface area contributed by atoms with Crippen LogP contribution in [0.5, 0.6) is 0 Å². The lowest BCUT2D eigenvalue weighted by Gasteiger charge is -2.11. The summed E-state index contributed by atoms with van der Waals surface area (Å²) in [5, 5.41) is 0. The van der Waals surface area contributed by atoms with E-state index in [-0.39, 0.29) is 10.8 Å². The number of aryl methyl sites for hydroxylation is 3. The topological polar surface area (TPSA) is 103 Å². The van der Waals surface area contributed by atoms with Gasteiger partial charge in [-0.25, -0.2) is 23.1 Å². The van der Waals surface area contributed by atoms with Crippen molar-refractivity contribution in [2.45, 2.75) is 78.0 Å². The van der Waals surface area contributed by atoms with Crippen LogP contribution < -0.4 is 4.72 Å². The van der Waals surface area contributed by atoms with Crippen LogP contribution in [0.4, 0.5) is 0 Å². The lowest BCUT2D eigenvalue weighted by atomic mass is 10.0. The maximum absolute atomic E-state index is 13.4. The predicted molar refractivity (Wildman–Crippen MR) is 165 cm³/mol. The maximum Gasteiger partial charge on any atom is 0.274 e. The van der Waals surface area contributed by atoms with Crippen LogP contribution in [0.1, 0.15) is 68.1 Å². The Balaban J connectivity index is 1.63. The van der Waals surface area contributed by atoms with Gasteiger partial charge in [0.15, 0.2) is 5.65 Å². The molecule has 0 saturated carbocycles. The van der Waals surface area contributed by atoms with E-state index in [2.05, 4.69) is 43.1 Å². The number of hydrogen-bond acceptors (Lipinski definition) is 7. The van der Waals surface area contributed by atoms with Gasteiger partial charge < -0.3 is 9.30 Å². The lowest BCUT2D eigenvalue weighted by molar-refractivity contribution is -0.123. The number of benzene rings is 1. The second-order valence-corrected chi connectivity index (χ2v) is 13.9. The molecule has 0 aliphatic rings. The monoisotopic (exact) mass is 596 g/mol. The molecule has 4 rings (SSSR count). The van der Waals surface area contributed by atoms with Gasteiger partial charge in [-0.3, -0.25) is 4.79 Å². The zero-order valence-electron chi connectivity index (χ0n) is 24.8. The average molecular weight is 597 g/mol. The molecule has 3 aromatic heterocycles. The molecule has 0 aliphatic heterocycles. The SMILES string of the molecule is CCCCOCC(=O)NS(=O)(=O)c1sc(CC(C)C)cc1-c1ccc(Cn2c(CC)nc3c(C)cc(C)nc32)cc1. The van der Waals surface area contributed by atoms with Gasteiger partial charge in [-0.2, -0.15) is 0 Å². The summed E-state index contributed by atoms with van der Waals surface area (Å²) in [5.41, 5.74) is 6.30. The number of carbonyl (C=O) groups excluding carboxylic acids is 1. The van der Waals surface area contributed by atoms with Crippen molar-refractivity contribution < 1.29 is 17.9 Å². The number of imidazole rings is 1. The summed E-state index contributed by atoms with van der Waals surface area (Å²) in [7, 11) is -4.07. The molecular formula is C31H40N4O4S2. The van der Waals surface area contributed by atoms with E-state index in [4.69, 9.17) is 14.7 Å². The van der Waals surface area contributed by atoms with Crippen molar-refractivity contribution >= 4 is 38.4 Å². The average Bonchev–Trinajstić information content (AvgIpc) is 3.49. The van der Waals surface area contributed by atoms with Crippen LogP contribution in [-0.2, 0) is 38.9 Å². The van der Waals surface area contributed by atoms with Gasteiger partial charge in [0.25, 0.3) is 15.9 Å². The summed E-state index contributed by atoms with van der Waals surface area (Å²) < 4.78 is 36.5. The van der Waals surface area contributed by atoms with E-state index < -0.39 is 15.9 Å². The minimum absolute atomic E-state index is 0.145. The number of carbonyl (C=O) groups is 1. The highest BCUT2D eigenvalue weighted by atomic mass is 32.2. The van der Waals surface area contributed by atoms with E-state index in [9.17, 15) is 13.2 Å². The highest BCUT2D eigenvalue weighted by Crippen LogP contribution is 2.36. The van der Waals surface area contributed by atoms with E-state index in [1.165, 1.54) is 11.3 Å². The summed E-state index contributed by atoms with van der Waals surface area (Å²) in [6.07, 6.45) is 3.29. The minimum Gasteiger partial charge on any atom is -0.372 e. The van der Waals surface area contributed by atoms with Gasteiger partial charge in [-0.1, -0.05) is 58.4 Å². The lowest BCUT2D eigenvalue weighted by Crippen LogP contribution is -2.33. The van der Waals surface area contributed by atoms with Crippen molar-refractivity contribution in [3.05, 3.63) is 63.9 Å². The summed E-state index contributed by atoms with van der Waals surface area (Å²) in [6, 6.07) is 11.9. The van der Waals surface area contributed by atoms with Gasteiger partial charge in [0.05, 0.1) is 6.54 Å². The number of fused-ring (bicyclic) bond motifs is 1. The first-order valence-corrected chi connectivity index (χ1v) is 16.5. The third-order valence-electron chi connectivity index (χ3n) is 6.75. The Hall–Kier alpha value is -3.08. The Kier molecular flexibility index (Phi) is 9.99. The Morgan fingerprint density at radius 2 is 1.83 bits per heavy atom. The fourth-order valence-corrected chi connectivity index (χ4v) is 7.74. The molecule has 220 valence electrons. The molecule has 0 atom stereocenters. The number of ether oxygens (including phenoxy) is 1. The molecule has 0 spiro atoms. The first-order valence-electron chi connectivity index (χ1n) is 14.2. The molecule has 0 fully saturated rings. The van der Waals surface area contributed by atoms with Crippen LogP contribution in [0.25, 0.3) is 22.3 Å². The Bertz CT molecular complexity index is 1620. The molecule has 0 bridgehead atoms. The number of hydrogen-bond donors (Lipinski definition) is 1. The van der Waals surface area contributed by atoms with Crippen LogP contribution in [-0.4, -0.2) is 42.1 Å². The predicted octanol–water partition coefficient (Wildman–Crippen LogP) is 6.21. The number of sulfonamides is 1. The highest BCUT2D eigenvalue weighted by Gasteiger charge is 2.26. The molecule has 0 unspecified atom stereocenters. The van der Waals surface area contributed by atoms with Crippen molar-refractivity contribution in [3.8, 4) is 11.1 Å². The van der Waals surface area contributed by atoms with Gasteiger partial charge in [-0.05, 0) is 61.4 Å². The van der Waals surface area contributed by atoms with Crippen molar-refractivity contribution in [1.29, 1.82) is 0 Å². The maximum atomic E-state index is 13.4. The fraction of sp³-hybridized carbons (Fsp3) is 0.452. The normalized spacial score (nSPS) is 12.0. The number of rotatable bonds is 13. The van der Waals surface area contributed by atoms with E-state index in [0.717, 1.165) is 69.9 Å². The molecule has 41 heavy (non-hydrogen) atoms. The number of nitrogens with zero attached hydrogens (tertiary/aromatic N) is 3. The second-order valence-electron chi connectivity index (χ2n) is 10.9. The summed E-state index contributed by atoms with van der Waals surface area (Å²) in [5.74, 6) is 0.670. The summed E-state index contributed by atoms with van der Waals surface area (Å²) in [6.45, 7) is 13.1. The second kappa shape index (κ2) is 13.3. The molecule has 1 N–H and O–H groups in total. The first kappa shape index (κ1) is 30.9. The largest absolute Gasteiger partial charge is 0.372 e. The van der Waals surface area contributed by atoms with Crippen molar-refractivity contribution in [1.82, 2.24) is 19.3 Å². The molecule has 4 aromatic rings. The molecule has 0 saturated heterocycles. The summed E-state index contributed by atoms with van der Waals surface area (Å²) >= 11 is 1.22. The quantitative estimate of drug-likeness (QED) is 0.184. The molecule has 8 nitrogen and oxygen atoms in total. The van der Waals surface area contributed by atoms with Crippen LogP contribution in [0.2, 0.25) is 0 Å². The van der Waals surface area contributed by atoms with Gasteiger partial charge in [-0.15, -0.1) is 11.3 Å². The van der Waals surface area contributed by atoms with E-state index in [1.54, 1.807) is 0 Å². The van der Waals surface area contributed by atoms with E-state index in [1.807, 2.05) is 44.2 Å². The van der Waals surface area contributed by atoms with Crippen molar-refractivity contribution in [3.63, 3.8) is 0 Å². The fourth-order valence-electron chi connectivity index (χ4n) is 4.82. The molecule has 0 aliphatic carbocycles. The van der Waals surface area contributed by atoms with E-state index >= 15 is 0 Å². The Morgan fingerprint density at radius 1 is 1.10 bits per heavy atom. The zero-order chi connectivity index (χ0) is 29.7. The molecule has 1 amide bonds. The molecule has 10 heteroatoms. The number of nitrogens with one attached hydrogen (secondary N) is 1. The standard InChI is InChI=1S/C31H40N4O4S2/c1-7-9-14-39-19-28(36)34-41(37,38)31-26(17-25(40-31)15-20(3)4)24-12-10-23(11-13-24)18-35-27(8-2)33-29-21(5)16-22(6)32-30(29)35/h10-13,16-17,20H,7-9,14-15,18-19H2,1-6H3,(H,34,36). The summed E-state index contributed by atoms with van der Waals surface area (Å²) in [4.78, 5) is 23.0. The van der Waals surface area contributed by atoms with Crippen molar-refractivity contribution in [2.75, 3.05) is 13.2 Å². The van der Waals surface area contributed by atoms with Crippen LogP contribution in [0, 0.1) is 19.8 Å². The molecule has 3 heterocycles. The van der Waals surface area contributed by atoms with Crippen LogP contribution in [0.15, 0.2) is 40.6 Å². The minimum atomic E-state index is -4.07. The van der Waals surface area contributed by atoms with Gasteiger partial charge >= 0.3 is 0 Å². The zero-order valence-corrected chi connectivity index (χ0v) is 26.4. The Labute approximate surface area is 247 Å². The third kappa shape index (κ3) is 7.42. The number of amides is 1. The first-order chi connectivity index (χ1) is 19.5. The highest BCUT2D eigenvalue weighted by molar-refractivity contribution is 7.92. The molecular weight excluding hydrogens is 556 g/mol. The van der Waals surface area contributed by atoms with Crippen LogP contribution in [0.3, 0.4) is 0 Å². The number of aromatic nitrogens is 3. The molecule has 1 aromatic carbocycles. The molecule has 0 radical (unpaired) electrons. The van der Waals surface area contributed by atoms with Gasteiger partial charge in [0.1, 0.15) is 22.2 Å². The van der Waals surface area contributed by atoms with Crippen molar-refractivity contribution in [2.24, 2.45) is 5.92 Å². The smallest absolute Gasteiger partial charge is 0.274 e.